The molecule has 1 unspecified atom stereocenters. The first kappa shape index (κ1) is 19.2. The van der Waals surface area contributed by atoms with Gasteiger partial charge in [0, 0.05) is 29.0 Å². The van der Waals surface area contributed by atoms with Crippen LogP contribution in [-0.2, 0) is 19.4 Å². The third-order valence-electron chi connectivity index (χ3n) is 4.70. The van der Waals surface area contributed by atoms with Crippen LogP contribution < -0.4 is 10.6 Å². The Hall–Kier alpha value is -1.54. The molecular weight excluding hydrogens is 372 g/mol. The van der Waals surface area contributed by atoms with Crippen molar-refractivity contribution in [2.75, 3.05) is 11.1 Å². The SMILES string of the molecule is CC1CC(=O)Nc2cc(S(=O)(=O)CCC(=O)NC3CCCC3)ccc2S1. The van der Waals surface area contributed by atoms with E-state index in [2.05, 4.69) is 10.6 Å². The fourth-order valence-electron chi connectivity index (χ4n) is 3.34. The summed E-state index contributed by atoms with van der Waals surface area (Å²) < 4.78 is 25.2. The average Bonchev–Trinajstić information content (AvgIpc) is 3.02. The number of rotatable bonds is 5. The normalized spacial score (nSPS) is 21.0. The molecule has 2 N–H and O–H groups in total. The van der Waals surface area contributed by atoms with Crippen LogP contribution in [0.25, 0.3) is 0 Å². The first-order chi connectivity index (χ1) is 12.3. The largest absolute Gasteiger partial charge is 0.353 e. The van der Waals surface area contributed by atoms with Crippen LogP contribution in [0.2, 0.25) is 0 Å². The molecule has 8 heteroatoms. The Bertz CT molecular complexity index is 801. The maximum Gasteiger partial charge on any atom is 0.225 e. The van der Waals surface area contributed by atoms with Crippen molar-refractivity contribution in [2.45, 2.75) is 66.5 Å². The van der Waals surface area contributed by atoms with Crippen LogP contribution >= 0.6 is 11.8 Å². The monoisotopic (exact) mass is 396 g/mol. The zero-order chi connectivity index (χ0) is 18.7. The van der Waals surface area contributed by atoms with E-state index >= 15 is 0 Å². The molecule has 0 aromatic heterocycles. The zero-order valence-corrected chi connectivity index (χ0v) is 16.4. The van der Waals surface area contributed by atoms with Gasteiger partial charge in [0.15, 0.2) is 9.84 Å². The van der Waals surface area contributed by atoms with E-state index < -0.39 is 9.84 Å². The van der Waals surface area contributed by atoms with Gasteiger partial charge in [0.2, 0.25) is 11.8 Å². The number of amides is 2. The number of carbonyl (C=O) groups excluding carboxylic acids is 2. The van der Waals surface area contributed by atoms with Crippen molar-refractivity contribution in [1.82, 2.24) is 5.32 Å². The van der Waals surface area contributed by atoms with Gasteiger partial charge in [-0.3, -0.25) is 9.59 Å². The van der Waals surface area contributed by atoms with E-state index in [9.17, 15) is 18.0 Å². The summed E-state index contributed by atoms with van der Waals surface area (Å²) in [5, 5.41) is 5.82. The number of hydrogen-bond acceptors (Lipinski definition) is 5. The van der Waals surface area contributed by atoms with Gasteiger partial charge in [0.25, 0.3) is 0 Å². The van der Waals surface area contributed by atoms with Crippen molar-refractivity contribution < 1.29 is 18.0 Å². The molecule has 1 saturated carbocycles. The van der Waals surface area contributed by atoms with Gasteiger partial charge < -0.3 is 10.6 Å². The van der Waals surface area contributed by atoms with Gasteiger partial charge in [-0.05, 0) is 31.0 Å². The number of carbonyl (C=O) groups is 2. The minimum Gasteiger partial charge on any atom is -0.353 e. The van der Waals surface area contributed by atoms with E-state index in [4.69, 9.17) is 0 Å². The highest BCUT2D eigenvalue weighted by Gasteiger charge is 2.23. The zero-order valence-electron chi connectivity index (χ0n) is 14.8. The standard InChI is InChI=1S/C18H24N2O4S2/c1-12-10-18(22)20-15-11-14(6-7-16(15)25-12)26(23,24)9-8-17(21)19-13-4-2-3-5-13/h6-7,11-13H,2-5,8-10H2,1H3,(H,19,21)(H,20,22). The molecule has 0 saturated heterocycles. The molecule has 0 radical (unpaired) electrons. The van der Waals surface area contributed by atoms with Gasteiger partial charge in [-0.25, -0.2) is 8.42 Å². The molecule has 1 aromatic rings. The third kappa shape index (κ3) is 4.79. The van der Waals surface area contributed by atoms with Crippen LogP contribution in [0.4, 0.5) is 5.69 Å². The quantitative estimate of drug-likeness (QED) is 0.798. The summed E-state index contributed by atoms with van der Waals surface area (Å²) in [5.74, 6) is -0.566. The van der Waals surface area contributed by atoms with Gasteiger partial charge in [0.1, 0.15) is 0 Å². The molecular formula is C18H24N2O4S2. The first-order valence-corrected chi connectivity index (χ1v) is 11.5. The summed E-state index contributed by atoms with van der Waals surface area (Å²) in [4.78, 5) is 24.9. The minimum absolute atomic E-state index is 0.0476. The summed E-state index contributed by atoms with van der Waals surface area (Å²) in [6, 6.07) is 4.97. The van der Waals surface area contributed by atoms with Crippen LogP contribution in [-0.4, -0.2) is 37.3 Å². The second-order valence-corrected chi connectivity index (χ2v) is 10.5. The van der Waals surface area contributed by atoms with E-state index in [1.54, 1.807) is 23.9 Å². The number of sulfone groups is 1. The third-order valence-corrected chi connectivity index (χ3v) is 7.60. The molecule has 1 heterocycles. The summed E-state index contributed by atoms with van der Waals surface area (Å²) in [6.45, 7) is 1.97. The molecule has 2 amide bonds. The maximum absolute atomic E-state index is 12.6. The van der Waals surface area contributed by atoms with Gasteiger partial charge in [-0.2, -0.15) is 0 Å². The second kappa shape index (κ2) is 8.00. The lowest BCUT2D eigenvalue weighted by Crippen LogP contribution is -2.33. The average molecular weight is 397 g/mol. The van der Waals surface area contributed by atoms with Crippen LogP contribution in [0.5, 0.6) is 0 Å². The number of thioether (sulfide) groups is 1. The molecule has 6 nitrogen and oxygen atoms in total. The van der Waals surface area contributed by atoms with Crippen molar-refractivity contribution >= 4 is 39.1 Å². The van der Waals surface area contributed by atoms with Crippen LogP contribution in [0.3, 0.4) is 0 Å². The fraction of sp³-hybridized carbons (Fsp3) is 0.556. The Morgan fingerprint density at radius 2 is 2.04 bits per heavy atom. The molecule has 3 rings (SSSR count). The molecule has 0 spiro atoms. The molecule has 1 aliphatic carbocycles. The highest BCUT2D eigenvalue weighted by molar-refractivity contribution is 8.00. The Morgan fingerprint density at radius 3 is 2.77 bits per heavy atom. The predicted octanol–water partition coefficient (Wildman–Crippen LogP) is 2.73. The minimum atomic E-state index is -3.59. The summed E-state index contributed by atoms with van der Waals surface area (Å²) in [6.07, 6.45) is 4.51. The van der Waals surface area contributed by atoms with Gasteiger partial charge in [-0.1, -0.05) is 19.8 Å². The van der Waals surface area contributed by atoms with E-state index in [1.165, 1.54) is 6.07 Å². The molecule has 1 aliphatic heterocycles. The predicted molar refractivity (Wildman–Crippen MR) is 102 cm³/mol. The number of nitrogens with one attached hydrogen (secondary N) is 2. The van der Waals surface area contributed by atoms with E-state index in [0.717, 1.165) is 30.6 Å². The highest BCUT2D eigenvalue weighted by atomic mass is 32.2. The Labute approximate surface area is 158 Å². The second-order valence-electron chi connectivity index (χ2n) is 6.96. The van der Waals surface area contributed by atoms with E-state index in [0.29, 0.717) is 12.1 Å². The number of hydrogen-bond donors (Lipinski definition) is 2. The number of fused-ring (bicyclic) bond motifs is 1. The Morgan fingerprint density at radius 1 is 1.31 bits per heavy atom. The van der Waals surface area contributed by atoms with Crippen LogP contribution in [0.15, 0.2) is 28.0 Å². The molecule has 1 aromatic carbocycles. The Balaban J connectivity index is 1.67. The lowest BCUT2D eigenvalue weighted by Gasteiger charge is -2.13. The van der Waals surface area contributed by atoms with Gasteiger partial charge in [0.05, 0.1) is 16.3 Å². The van der Waals surface area contributed by atoms with Crippen molar-refractivity contribution in [2.24, 2.45) is 0 Å². The lowest BCUT2D eigenvalue weighted by atomic mass is 10.2. The summed E-state index contributed by atoms with van der Waals surface area (Å²) >= 11 is 1.55. The molecule has 1 atom stereocenters. The summed E-state index contributed by atoms with van der Waals surface area (Å²) in [7, 11) is -3.59. The number of benzene rings is 1. The van der Waals surface area contributed by atoms with Crippen molar-refractivity contribution in [1.29, 1.82) is 0 Å². The fourth-order valence-corrected chi connectivity index (χ4v) is 5.65. The van der Waals surface area contributed by atoms with Crippen LogP contribution in [0.1, 0.15) is 45.4 Å². The summed E-state index contributed by atoms with van der Waals surface area (Å²) in [5.41, 5.74) is 0.529. The topological polar surface area (TPSA) is 92.3 Å². The number of anilines is 1. The lowest BCUT2D eigenvalue weighted by molar-refractivity contribution is -0.121. The molecule has 26 heavy (non-hydrogen) atoms. The van der Waals surface area contributed by atoms with Crippen molar-refractivity contribution in [3.05, 3.63) is 18.2 Å². The smallest absolute Gasteiger partial charge is 0.225 e. The molecule has 1 fully saturated rings. The van der Waals surface area contributed by atoms with Crippen LogP contribution in [0, 0.1) is 0 Å². The maximum atomic E-state index is 12.6. The highest BCUT2D eigenvalue weighted by Crippen LogP contribution is 2.36. The molecule has 0 bridgehead atoms. The van der Waals surface area contributed by atoms with Crippen molar-refractivity contribution in [3.63, 3.8) is 0 Å². The molecule has 142 valence electrons. The van der Waals surface area contributed by atoms with Crippen molar-refractivity contribution in [3.8, 4) is 0 Å². The molecule has 2 aliphatic rings. The van der Waals surface area contributed by atoms with Gasteiger partial charge in [-0.15, -0.1) is 11.8 Å². The van der Waals surface area contributed by atoms with Gasteiger partial charge >= 0.3 is 0 Å². The van der Waals surface area contributed by atoms with E-state index in [1.807, 2.05) is 6.92 Å². The van der Waals surface area contributed by atoms with E-state index in [-0.39, 0.29) is 40.2 Å². The first-order valence-electron chi connectivity index (χ1n) is 8.96. The Kier molecular flexibility index (Phi) is 5.92.